The van der Waals surface area contributed by atoms with Gasteiger partial charge in [0.05, 0.1) is 13.7 Å². The fourth-order valence-corrected chi connectivity index (χ4v) is 6.66. The van der Waals surface area contributed by atoms with Crippen molar-refractivity contribution in [2.45, 2.75) is 96.7 Å². The summed E-state index contributed by atoms with van der Waals surface area (Å²) in [6, 6.07) is 8.86. The molecule has 3 amide bonds. The van der Waals surface area contributed by atoms with E-state index >= 15 is 4.39 Å². The second kappa shape index (κ2) is 16.6. The summed E-state index contributed by atoms with van der Waals surface area (Å²) in [6.45, 7) is 11.5. The molecule has 2 aromatic carbocycles. The van der Waals surface area contributed by atoms with E-state index in [1.807, 2.05) is 13.8 Å². The predicted molar refractivity (Wildman–Crippen MR) is 193 cm³/mol. The van der Waals surface area contributed by atoms with E-state index in [0.29, 0.717) is 48.7 Å². The molecular weight excluding hydrogens is 671 g/mol. The van der Waals surface area contributed by atoms with Crippen LogP contribution in [0.25, 0.3) is 0 Å². The maximum atomic E-state index is 16.3. The number of carbonyl (C=O) groups is 3. The number of halogens is 1. The molecule has 3 heterocycles. The first-order valence-corrected chi connectivity index (χ1v) is 18.0. The molecule has 0 spiro atoms. The first-order valence-electron chi connectivity index (χ1n) is 18.0. The lowest BCUT2D eigenvalue weighted by molar-refractivity contribution is -0.138. The van der Waals surface area contributed by atoms with Gasteiger partial charge in [-0.3, -0.25) is 14.5 Å². The van der Waals surface area contributed by atoms with Gasteiger partial charge in [-0.15, -0.1) is 0 Å². The zero-order valence-electron chi connectivity index (χ0n) is 31.0. The Morgan fingerprint density at radius 2 is 1.73 bits per heavy atom. The molecule has 2 N–H and O–H groups in total. The SMILES string of the molecule is COc1ccc(N(C(=O)OC(C)(C)C)C(C(=O)N2CCC[C@H]2C(N)=O)c2ccc(OCCCC3CCN(c4nc(C(C)C)no4)CC3)cc2F)cc1. The van der Waals surface area contributed by atoms with Crippen LogP contribution < -0.4 is 25.0 Å². The molecule has 5 rings (SSSR count). The van der Waals surface area contributed by atoms with Crippen molar-refractivity contribution in [3.05, 3.63) is 59.7 Å². The van der Waals surface area contributed by atoms with Crippen LogP contribution in [0.2, 0.25) is 0 Å². The van der Waals surface area contributed by atoms with Gasteiger partial charge in [-0.1, -0.05) is 19.0 Å². The van der Waals surface area contributed by atoms with Gasteiger partial charge in [0, 0.05) is 42.9 Å². The standard InChI is InChI=1S/C38H51FN6O7/c1-24(2)34-41-36(52-42-34)43-20-17-25(18-21-43)9-8-22-50-28-15-16-29(30(39)23-28)32(35(47)44-19-7-10-31(44)33(40)46)45(37(48)51-38(3,4)5)26-11-13-27(49-6)14-12-26/h11-16,23-25,31-32H,7-10,17-22H2,1-6H3,(H2,40,46)/t31-,32?/m0/s1. The van der Waals surface area contributed by atoms with E-state index in [9.17, 15) is 14.4 Å². The molecule has 13 nitrogen and oxygen atoms in total. The molecule has 0 bridgehead atoms. The highest BCUT2D eigenvalue weighted by Crippen LogP contribution is 2.36. The van der Waals surface area contributed by atoms with Crippen LogP contribution in [-0.4, -0.2) is 77.9 Å². The summed E-state index contributed by atoms with van der Waals surface area (Å²) >= 11 is 0. The van der Waals surface area contributed by atoms with Crippen LogP contribution in [0.1, 0.15) is 96.5 Å². The number of benzene rings is 2. The summed E-state index contributed by atoms with van der Waals surface area (Å²) in [4.78, 5) is 49.8. The Morgan fingerprint density at radius 1 is 1.04 bits per heavy atom. The maximum Gasteiger partial charge on any atom is 0.415 e. The molecule has 3 aromatic rings. The first kappa shape index (κ1) is 38.4. The summed E-state index contributed by atoms with van der Waals surface area (Å²) in [7, 11) is 1.51. The molecule has 282 valence electrons. The zero-order chi connectivity index (χ0) is 37.6. The van der Waals surface area contributed by atoms with E-state index in [4.69, 9.17) is 24.5 Å². The predicted octanol–water partition coefficient (Wildman–Crippen LogP) is 6.38. The molecule has 2 aliphatic heterocycles. The minimum Gasteiger partial charge on any atom is -0.497 e. The normalized spacial score (nSPS) is 17.3. The average molecular weight is 723 g/mol. The van der Waals surface area contributed by atoms with Crippen LogP contribution in [0.5, 0.6) is 11.5 Å². The fraction of sp³-hybridized carbons (Fsp3) is 0.553. The van der Waals surface area contributed by atoms with Crippen molar-refractivity contribution in [1.82, 2.24) is 15.0 Å². The number of anilines is 2. The van der Waals surface area contributed by atoms with Crippen LogP contribution in [0, 0.1) is 11.7 Å². The van der Waals surface area contributed by atoms with Crippen molar-refractivity contribution in [3.8, 4) is 11.5 Å². The molecule has 1 unspecified atom stereocenters. The zero-order valence-corrected chi connectivity index (χ0v) is 31.0. The van der Waals surface area contributed by atoms with Gasteiger partial charge in [0.25, 0.3) is 5.91 Å². The minimum atomic E-state index is -1.52. The smallest absolute Gasteiger partial charge is 0.415 e. The van der Waals surface area contributed by atoms with Gasteiger partial charge in [0.15, 0.2) is 5.82 Å². The number of methoxy groups -OCH3 is 1. The molecule has 2 aliphatic rings. The van der Waals surface area contributed by atoms with Crippen LogP contribution in [0.4, 0.5) is 20.9 Å². The number of ether oxygens (including phenoxy) is 3. The van der Waals surface area contributed by atoms with E-state index < -0.39 is 41.4 Å². The van der Waals surface area contributed by atoms with Crippen molar-refractivity contribution in [1.29, 1.82) is 0 Å². The van der Waals surface area contributed by atoms with Gasteiger partial charge >= 0.3 is 12.1 Å². The van der Waals surface area contributed by atoms with E-state index in [-0.39, 0.29) is 23.7 Å². The van der Waals surface area contributed by atoms with Gasteiger partial charge in [0.1, 0.15) is 35.0 Å². The number of hydrogen-bond acceptors (Lipinski definition) is 10. The Hall–Kier alpha value is -4.88. The highest BCUT2D eigenvalue weighted by Gasteiger charge is 2.43. The molecule has 1 aromatic heterocycles. The third-order valence-corrected chi connectivity index (χ3v) is 9.42. The largest absolute Gasteiger partial charge is 0.497 e. The second-order valence-electron chi connectivity index (χ2n) is 14.7. The lowest BCUT2D eigenvalue weighted by Crippen LogP contribution is -2.51. The van der Waals surface area contributed by atoms with Gasteiger partial charge in [0.2, 0.25) is 5.91 Å². The molecule has 52 heavy (non-hydrogen) atoms. The number of nitrogens with zero attached hydrogens (tertiary/aromatic N) is 5. The van der Waals surface area contributed by atoms with Crippen LogP contribution in [0.15, 0.2) is 47.0 Å². The van der Waals surface area contributed by atoms with Crippen molar-refractivity contribution in [3.63, 3.8) is 0 Å². The Bertz CT molecular complexity index is 1680. The summed E-state index contributed by atoms with van der Waals surface area (Å²) in [5, 5.41) is 4.07. The number of hydrogen-bond donors (Lipinski definition) is 1. The lowest BCUT2D eigenvalue weighted by atomic mass is 9.92. The molecule has 2 atom stereocenters. The first-order chi connectivity index (χ1) is 24.8. The van der Waals surface area contributed by atoms with Gasteiger partial charge in [-0.25, -0.2) is 9.18 Å². The van der Waals surface area contributed by atoms with Crippen molar-refractivity contribution >= 4 is 29.6 Å². The lowest BCUT2D eigenvalue weighted by Gasteiger charge is -2.36. The number of likely N-dealkylation sites (tertiary alicyclic amines) is 1. The van der Waals surface area contributed by atoms with E-state index in [1.54, 1.807) is 51.1 Å². The van der Waals surface area contributed by atoms with Crippen LogP contribution in [0.3, 0.4) is 0 Å². The molecule has 2 saturated heterocycles. The van der Waals surface area contributed by atoms with Crippen molar-refractivity contribution < 1.29 is 37.5 Å². The Labute approximate surface area is 304 Å². The average Bonchev–Trinajstić information content (AvgIpc) is 3.80. The molecule has 0 aliphatic carbocycles. The maximum absolute atomic E-state index is 16.3. The molecule has 0 saturated carbocycles. The number of amides is 3. The second-order valence-corrected chi connectivity index (χ2v) is 14.7. The minimum absolute atomic E-state index is 0.0809. The molecule has 0 radical (unpaired) electrons. The van der Waals surface area contributed by atoms with Crippen LogP contribution >= 0.6 is 0 Å². The summed E-state index contributed by atoms with van der Waals surface area (Å²) in [6.07, 6.45) is 3.76. The Balaban J connectivity index is 1.31. The summed E-state index contributed by atoms with van der Waals surface area (Å²) < 4.78 is 38.7. The van der Waals surface area contributed by atoms with E-state index in [0.717, 1.165) is 43.7 Å². The highest BCUT2D eigenvalue weighted by molar-refractivity contribution is 6.00. The topological polar surface area (TPSA) is 154 Å². The van der Waals surface area contributed by atoms with Crippen molar-refractivity contribution in [2.75, 3.05) is 43.2 Å². The Kier molecular flexibility index (Phi) is 12.3. The number of aromatic nitrogens is 2. The van der Waals surface area contributed by atoms with E-state index in [2.05, 4.69) is 15.0 Å². The number of rotatable bonds is 13. The summed E-state index contributed by atoms with van der Waals surface area (Å²) in [5.74, 6) is 0.185. The monoisotopic (exact) mass is 722 g/mol. The Morgan fingerprint density at radius 3 is 2.33 bits per heavy atom. The third kappa shape index (κ3) is 9.31. The quantitative estimate of drug-likeness (QED) is 0.197. The number of piperidine rings is 1. The highest BCUT2D eigenvalue weighted by atomic mass is 19.1. The number of nitrogens with two attached hydrogens (primary N) is 1. The number of carbonyl (C=O) groups excluding carboxylic acids is 3. The van der Waals surface area contributed by atoms with Crippen LogP contribution in [-0.2, 0) is 14.3 Å². The van der Waals surface area contributed by atoms with Gasteiger partial charge < -0.3 is 34.3 Å². The van der Waals surface area contributed by atoms with Gasteiger partial charge in [-0.2, -0.15) is 4.98 Å². The molecule has 2 fully saturated rings. The molecular formula is C38H51FN6O7. The third-order valence-electron chi connectivity index (χ3n) is 9.42. The van der Waals surface area contributed by atoms with Gasteiger partial charge in [-0.05, 0) is 102 Å². The van der Waals surface area contributed by atoms with Crippen molar-refractivity contribution in [2.24, 2.45) is 11.7 Å². The molecule has 14 heteroatoms. The number of primary amides is 1. The van der Waals surface area contributed by atoms with E-state index in [1.165, 1.54) is 24.1 Å². The summed E-state index contributed by atoms with van der Waals surface area (Å²) in [5.41, 5.74) is 4.92. The fourth-order valence-electron chi connectivity index (χ4n) is 6.66.